The summed E-state index contributed by atoms with van der Waals surface area (Å²) in [5.41, 5.74) is 2.57. The summed E-state index contributed by atoms with van der Waals surface area (Å²) in [7, 11) is 0. The van der Waals surface area contributed by atoms with E-state index in [1.165, 1.54) is 11.1 Å². The van der Waals surface area contributed by atoms with E-state index in [1.54, 1.807) is 0 Å². The topological polar surface area (TPSA) is 0 Å². The molecule has 0 aliphatic heterocycles. The van der Waals surface area contributed by atoms with Crippen molar-refractivity contribution < 1.29 is 0 Å². The SMILES string of the molecule is C=C\C=C/C(=C\CC)C(/C=C\C)=C/CC.CC. The molecule has 96 valence electrons. The van der Waals surface area contributed by atoms with Crippen LogP contribution >= 0.6 is 0 Å². The fourth-order valence-electron chi connectivity index (χ4n) is 1.36. The van der Waals surface area contributed by atoms with Gasteiger partial charge in [0, 0.05) is 0 Å². The van der Waals surface area contributed by atoms with Gasteiger partial charge in [0.25, 0.3) is 0 Å². The molecule has 0 N–H and O–H groups in total. The van der Waals surface area contributed by atoms with E-state index in [-0.39, 0.29) is 0 Å². The maximum absolute atomic E-state index is 3.69. The summed E-state index contributed by atoms with van der Waals surface area (Å²) >= 11 is 0. The second kappa shape index (κ2) is 14.7. The third-order valence-corrected chi connectivity index (χ3v) is 1.94. The number of allylic oxidation sites excluding steroid dienone is 9. The van der Waals surface area contributed by atoms with Gasteiger partial charge < -0.3 is 0 Å². The Balaban J connectivity index is 0. The molecule has 0 aliphatic rings. The fraction of sp³-hybridized carbons (Fsp3) is 0.412. The quantitative estimate of drug-likeness (QED) is 0.492. The average molecular weight is 232 g/mol. The maximum Gasteiger partial charge on any atom is -0.0227 e. The van der Waals surface area contributed by atoms with Crippen LogP contribution in [0.15, 0.2) is 60.3 Å². The first kappa shape index (κ1) is 18.1. The molecule has 0 heteroatoms. The smallest absolute Gasteiger partial charge is 0.0227 e. The highest BCUT2D eigenvalue weighted by Crippen LogP contribution is 2.15. The normalized spacial score (nSPS) is 12.8. The summed E-state index contributed by atoms with van der Waals surface area (Å²) in [6.07, 6.45) is 16.7. The highest BCUT2D eigenvalue weighted by atomic mass is 14.0. The molecule has 0 nitrogen and oxygen atoms in total. The zero-order valence-electron chi connectivity index (χ0n) is 12.2. The molecule has 0 aromatic carbocycles. The van der Waals surface area contributed by atoms with E-state index >= 15 is 0 Å². The van der Waals surface area contributed by atoms with E-state index in [9.17, 15) is 0 Å². The van der Waals surface area contributed by atoms with Gasteiger partial charge >= 0.3 is 0 Å². The van der Waals surface area contributed by atoms with Gasteiger partial charge in [0.05, 0.1) is 0 Å². The van der Waals surface area contributed by atoms with Gasteiger partial charge in [0.1, 0.15) is 0 Å². The Bertz CT molecular complexity index is 285. The maximum atomic E-state index is 3.69. The van der Waals surface area contributed by atoms with Gasteiger partial charge in [-0.05, 0) is 30.9 Å². The van der Waals surface area contributed by atoms with Gasteiger partial charge in [-0.2, -0.15) is 0 Å². The van der Waals surface area contributed by atoms with Gasteiger partial charge in [-0.3, -0.25) is 0 Å². The summed E-state index contributed by atoms with van der Waals surface area (Å²) in [5.74, 6) is 0. The predicted molar refractivity (Wildman–Crippen MR) is 82.2 cm³/mol. The van der Waals surface area contributed by atoms with Crippen molar-refractivity contribution in [1.82, 2.24) is 0 Å². The minimum absolute atomic E-state index is 1.05. The molecule has 0 aromatic heterocycles. The Morgan fingerprint density at radius 2 is 1.41 bits per heavy atom. The van der Waals surface area contributed by atoms with E-state index in [4.69, 9.17) is 0 Å². The lowest BCUT2D eigenvalue weighted by Gasteiger charge is -2.03. The highest BCUT2D eigenvalue weighted by Gasteiger charge is 1.95. The lowest BCUT2D eigenvalue weighted by atomic mass is 10.0. The van der Waals surface area contributed by atoms with Crippen LogP contribution in [0.4, 0.5) is 0 Å². The molecule has 0 heterocycles. The summed E-state index contributed by atoms with van der Waals surface area (Å²) in [5, 5.41) is 0. The molecule has 0 aromatic rings. The molecule has 0 saturated carbocycles. The van der Waals surface area contributed by atoms with Gasteiger partial charge in [0.2, 0.25) is 0 Å². The molecule has 0 atom stereocenters. The molecular weight excluding hydrogens is 204 g/mol. The lowest BCUT2D eigenvalue weighted by Crippen LogP contribution is -1.83. The Morgan fingerprint density at radius 1 is 0.941 bits per heavy atom. The van der Waals surface area contributed by atoms with E-state index < -0.39 is 0 Å². The van der Waals surface area contributed by atoms with E-state index in [2.05, 4.69) is 50.8 Å². The van der Waals surface area contributed by atoms with Crippen LogP contribution in [-0.4, -0.2) is 0 Å². The van der Waals surface area contributed by atoms with Crippen LogP contribution in [0.3, 0.4) is 0 Å². The third-order valence-electron chi connectivity index (χ3n) is 1.94. The summed E-state index contributed by atoms with van der Waals surface area (Å²) in [6, 6.07) is 0. The summed E-state index contributed by atoms with van der Waals surface area (Å²) < 4.78 is 0. The molecule has 0 unspecified atom stereocenters. The van der Waals surface area contributed by atoms with E-state index in [0.29, 0.717) is 0 Å². The van der Waals surface area contributed by atoms with Crippen LogP contribution in [0.2, 0.25) is 0 Å². The van der Waals surface area contributed by atoms with Crippen molar-refractivity contribution in [2.75, 3.05) is 0 Å². The monoisotopic (exact) mass is 232 g/mol. The molecule has 0 bridgehead atoms. The molecule has 0 aliphatic carbocycles. The van der Waals surface area contributed by atoms with Crippen LogP contribution in [0.1, 0.15) is 47.5 Å². The zero-order valence-corrected chi connectivity index (χ0v) is 12.2. The zero-order chi connectivity index (χ0) is 13.5. The standard InChI is InChI=1S/C15H22.C2H6/c1-5-9-13-15(12-8-4)14(10-6-2)11-7-3;1-2/h5-6,9-13H,1,7-8H2,2-4H3;1-2H3/b10-6-,13-9-,14-11+,15-12+;. The minimum Gasteiger partial charge on any atom is -0.0991 e. The summed E-state index contributed by atoms with van der Waals surface area (Å²) in [6.45, 7) is 14.0. The number of hydrogen-bond acceptors (Lipinski definition) is 0. The molecular formula is C17H28. The van der Waals surface area contributed by atoms with Crippen molar-refractivity contribution in [2.24, 2.45) is 0 Å². The van der Waals surface area contributed by atoms with Gasteiger partial charge in [-0.25, -0.2) is 0 Å². The lowest BCUT2D eigenvalue weighted by molar-refractivity contribution is 1.18. The van der Waals surface area contributed by atoms with Crippen molar-refractivity contribution in [3.63, 3.8) is 0 Å². The summed E-state index contributed by atoms with van der Waals surface area (Å²) in [4.78, 5) is 0. The van der Waals surface area contributed by atoms with E-state index in [0.717, 1.165) is 12.8 Å². The highest BCUT2D eigenvalue weighted by molar-refractivity contribution is 5.46. The Labute approximate surface area is 108 Å². The predicted octanol–water partition coefficient (Wildman–Crippen LogP) is 6.00. The van der Waals surface area contributed by atoms with Crippen LogP contribution in [0.5, 0.6) is 0 Å². The average Bonchev–Trinajstić information content (AvgIpc) is 2.37. The fourth-order valence-corrected chi connectivity index (χ4v) is 1.36. The second-order valence-corrected chi connectivity index (χ2v) is 3.23. The largest absolute Gasteiger partial charge is 0.0991 e. The molecule has 17 heavy (non-hydrogen) atoms. The van der Waals surface area contributed by atoms with Crippen LogP contribution in [0, 0.1) is 0 Å². The second-order valence-electron chi connectivity index (χ2n) is 3.23. The Morgan fingerprint density at radius 3 is 1.76 bits per heavy atom. The van der Waals surface area contributed by atoms with Crippen LogP contribution in [0.25, 0.3) is 0 Å². The molecule has 0 amide bonds. The van der Waals surface area contributed by atoms with Gasteiger partial charge in [-0.1, -0.05) is 76.8 Å². The molecule has 0 fully saturated rings. The molecule has 0 radical (unpaired) electrons. The first-order valence-electron chi connectivity index (χ1n) is 6.62. The molecule has 0 rings (SSSR count). The van der Waals surface area contributed by atoms with Gasteiger partial charge in [0.15, 0.2) is 0 Å². The number of rotatable bonds is 6. The van der Waals surface area contributed by atoms with Crippen LogP contribution in [-0.2, 0) is 0 Å². The van der Waals surface area contributed by atoms with Crippen molar-refractivity contribution in [3.8, 4) is 0 Å². The Hall–Kier alpha value is -1.30. The first-order chi connectivity index (χ1) is 8.29. The van der Waals surface area contributed by atoms with Crippen molar-refractivity contribution in [1.29, 1.82) is 0 Å². The van der Waals surface area contributed by atoms with Crippen molar-refractivity contribution in [2.45, 2.75) is 47.5 Å². The number of hydrogen-bond donors (Lipinski definition) is 0. The van der Waals surface area contributed by atoms with E-state index in [1.807, 2.05) is 32.9 Å². The minimum atomic E-state index is 1.05. The van der Waals surface area contributed by atoms with Crippen LogP contribution < -0.4 is 0 Å². The Kier molecular flexibility index (Phi) is 15.6. The molecule has 0 saturated heterocycles. The van der Waals surface area contributed by atoms with Crippen molar-refractivity contribution in [3.05, 3.63) is 60.3 Å². The third kappa shape index (κ3) is 9.62. The first-order valence-corrected chi connectivity index (χ1v) is 6.62. The molecule has 0 spiro atoms. The van der Waals surface area contributed by atoms with Crippen molar-refractivity contribution >= 4 is 0 Å². The van der Waals surface area contributed by atoms with Gasteiger partial charge in [-0.15, -0.1) is 0 Å².